The van der Waals surface area contributed by atoms with Crippen LogP contribution in [0, 0.1) is 0 Å². The number of nitrogens with zero attached hydrogens (tertiary/aromatic N) is 2. The third-order valence-electron chi connectivity index (χ3n) is 3.77. The number of nitrogens with one attached hydrogen (secondary N) is 1. The molecule has 0 atom stereocenters. The van der Waals surface area contributed by atoms with Crippen LogP contribution < -0.4 is 10.2 Å². The molecule has 0 aromatic heterocycles. The van der Waals surface area contributed by atoms with Crippen LogP contribution in [0.1, 0.15) is 13.8 Å². The van der Waals surface area contributed by atoms with Gasteiger partial charge < -0.3 is 10.1 Å². The molecular weight excluding hydrogens is 350 g/mol. The average Bonchev–Trinajstić information content (AvgIpc) is 2.70. The van der Waals surface area contributed by atoms with E-state index in [4.69, 9.17) is 4.74 Å². The predicted molar refractivity (Wildman–Crippen MR) is 114 cm³/mol. The van der Waals surface area contributed by atoms with Crippen LogP contribution in [0.25, 0.3) is 0 Å². The lowest BCUT2D eigenvalue weighted by Crippen LogP contribution is -2.42. The Morgan fingerprint density at radius 3 is 1.96 bits per heavy atom. The van der Waals surface area contributed by atoms with E-state index in [2.05, 4.69) is 10.3 Å². The van der Waals surface area contributed by atoms with Gasteiger partial charge in [0.2, 0.25) is 5.96 Å². The Bertz CT molecular complexity index is 910. The van der Waals surface area contributed by atoms with E-state index >= 15 is 0 Å². The molecule has 3 rings (SSSR count). The summed E-state index contributed by atoms with van der Waals surface area (Å²) >= 11 is 0. The van der Waals surface area contributed by atoms with Crippen molar-refractivity contribution < 1.29 is 9.53 Å². The minimum atomic E-state index is -0.501. The molecule has 0 unspecified atom stereocenters. The number of amides is 1. The lowest BCUT2D eigenvalue weighted by Gasteiger charge is -2.25. The van der Waals surface area contributed by atoms with E-state index in [1.165, 1.54) is 4.90 Å². The number of guanidine groups is 1. The summed E-state index contributed by atoms with van der Waals surface area (Å²) in [6.45, 7) is 3.64. The molecule has 1 N–H and O–H groups in total. The predicted octanol–water partition coefficient (Wildman–Crippen LogP) is 5.84. The summed E-state index contributed by atoms with van der Waals surface area (Å²) in [5.41, 5.74) is 2.20. The molecule has 0 spiro atoms. The van der Waals surface area contributed by atoms with Crippen molar-refractivity contribution in [2.45, 2.75) is 20.0 Å². The number of benzene rings is 3. The molecule has 0 fully saturated rings. The first kappa shape index (κ1) is 19.2. The van der Waals surface area contributed by atoms with Crippen LogP contribution in [0.15, 0.2) is 96.0 Å². The molecule has 5 heteroatoms. The van der Waals surface area contributed by atoms with Gasteiger partial charge in [-0.25, -0.2) is 14.7 Å². The number of hydrogen-bond acceptors (Lipinski definition) is 3. The number of carbonyl (C=O) groups excluding carboxylic acids is 1. The Morgan fingerprint density at radius 1 is 0.857 bits per heavy atom. The van der Waals surface area contributed by atoms with Gasteiger partial charge in [-0.2, -0.15) is 0 Å². The standard InChI is InChI=1S/C23H23N3O2/c1-18(2)28-23(27)26(21-16-10-5-11-17-21)22(24-19-12-6-3-7-13-19)25-20-14-8-4-9-15-20/h3-18H,1-2H3,(H,24,25). The molecule has 142 valence electrons. The van der Waals surface area contributed by atoms with Crippen LogP contribution in [0.2, 0.25) is 0 Å². The van der Waals surface area contributed by atoms with Crippen molar-refractivity contribution in [3.8, 4) is 0 Å². The zero-order valence-electron chi connectivity index (χ0n) is 15.9. The largest absolute Gasteiger partial charge is 0.446 e. The maximum Gasteiger partial charge on any atom is 0.421 e. The van der Waals surface area contributed by atoms with Crippen LogP contribution in [0.3, 0.4) is 0 Å². The molecule has 28 heavy (non-hydrogen) atoms. The number of para-hydroxylation sites is 3. The molecule has 0 saturated carbocycles. The van der Waals surface area contributed by atoms with E-state index in [9.17, 15) is 4.79 Å². The first-order valence-electron chi connectivity index (χ1n) is 9.15. The Balaban J connectivity index is 2.07. The van der Waals surface area contributed by atoms with Gasteiger partial charge in [-0.05, 0) is 50.2 Å². The third kappa shape index (κ3) is 5.20. The van der Waals surface area contributed by atoms with E-state index in [0.717, 1.165) is 11.4 Å². The number of hydrogen-bond donors (Lipinski definition) is 1. The zero-order valence-corrected chi connectivity index (χ0v) is 15.9. The van der Waals surface area contributed by atoms with Crippen molar-refractivity contribution in [2.75, 3.05) is 10.2 Å². The maximum absolute atomic E-state index is 13.0. The fraction of sp³-hybridized carbons (Fsp3) is 0.130. The van der Waals surface area contributed by atoms with Gasteiger partial charge in [0.25, 0.3) is 0 Å². The van der Waals surface area contributed by atoms with Crippen molar-refractivity contribution in [1.82, 2.24) is 0 Å². The third-order valence-corrected chi connectivity index (χ3v) is 3.77. The van der Waals surface area contributed by atoms with Crippen molar-refractivity contribution in [1.29, 1.82) is 0 Å². The Morgan fingerprint density at radius 2 is 1.39 bits per heavy atom. The first-order valence-corrected chi connectivity index (χ1v) is 9.15. The highest BCUT2D eigenvalue weighted by atomic mass is 16.6. The van der Waals surface area contributed by atoms with Gasteiger partial charge in [-0.3, -0.25) is 0 Å². The van der Waals surface area contributed by atoms with Gasteiger partial charge in [-0.15, -0.1) is 0 Å². The van der Waals surface area contributed by atoms with Crippen molar-refractivity contribution in [3.05, 3.63) is 91.0 Å². The SMILES string of the molecule is CC(C)OC(=O)N(C(=Nc1ccccc1)Nc1ccccc1)c1ccccc1. The maximum atomic E-state index is 13.0. The molecule has 0 radical (unpaired) electrons. The lowest BCUT2D eigenvalue weighted by atomic mass is 10.3. The van der Waals surface area contributed by atoms with Crippen molar-refractivity contribution in [2.24, 2.45) is 4.99 Å². The van der Waals surface area contributed by atoms with Gasteiger partial charge >= 0.3 is 6.09 Å². The minimum absolute atomic E-state index is 0.256. The molecule has 1 amide bonds. The molecular formula is C23H23N3O2. The summed E-state index contributed by atoms with van der Waals surface area (Å²) in [4.78, 5) is 19.1. The second-order valence-electron chi connectivity index (χ2n) is 6.37. The van der Waals surface area contributed by atoms with Gasteiger partial charge in [0.15, 0.2) is 0 Å². The fourth-order valence-electron chi connectivity index (χ4n) is 2.55. The number of rotatable bonds is 4. The Hall–Kier alpha value is -3.60. The normalized spacial score (nSPS) is 11.2. The number of aliphatic imine (C=N–C) groups is 1. The lowest BCUT2D eigenvalue weighted by molar-refractivity contribution is 0.126. The quantitative estimate of drug-likeness (QED) is 0.462. The second kappa shape index (κ2) is 9.37. The smallest absolute Gasteiger partial charge is 0.421 e. The molecule has 3 aromatic carbocycles. The first-order chi connectivity index (χ1) is 13.6. The summed E-state index contributed by atoms with van der Waals surface area (Å²) < 4.78 is 5.49. The van der Waals surface area contributed by atoms with Crippen molar-refractivity contribution >= 4 is 29.1 Å². The van der Waals surface area contributed by atoms with Crippen LogP contribution in [-0.2, 0) is 4.74 Å². The van der Waals surface area contributed by atoms with Crippen LogP contribution in [0.5, 0.6) is 0 Å². The highest BCUT2D eigenvalue weighted by Crippen LogP contribution is 2.20. The van der Waals surface area contributed by atoms with Gasteiger partial charge in [-0.1, -0.05) is 54.6 Å². The number of anilines is 2. The molecule has 0 heterocycles. The van der Waals surface area contributed by atoms with E-state index in [0.29, 0.717) is 11.6 Å². The van der Waals surface area contributed by atoms with Crippen LogP contribution >= 0.6 is 0 Å². The van der Waals surface area contributed by atoms with E-state index < -0.39 is 6.09 Å². The molecule has 3 aromatic rings. The van der Waals surface area contributed by atoms with Crippen LogP contribution in [-0.4, -0.2) is 18.2 Å². The Kier molecular flexibility index (Phi) is 6.41. The minimum Gasteiger partial charge on any atom is -0.446 e. The number of ether oxygens (including phenoxy) is 1. The molecule has 0 aliphatic rings. The molecule has 5 nitrogen and oxygen atoms in total. The summed E-state index contributed by atoms with van der Waals surface area (Å²) in [6, 6.07) is 28.4. The summed E-state index contributed by atoms with van der Waals surface area (Å²) in [7, 11) is 0. The summed E-state index contributed by atoms with van der Waals surface area (Å²) in [5.74, 6) is 0.356. The molecule has 0 aliphatic heterocycles. The molecule has 0 aliphatic carbocycles. The fourth-order valence-corrected chi connectivity index (χ4v) is 2.55. The topological polar surface area (TPSA) is 53.9 Å². The highest BCUT2D eigenvalue weighted by molar-refractivity contribution is 6.19. The zero-order chi connectivity index (χ0) is 19.8. The summed E-state index contributed by atoms with van der Waals surface area (Å²) in [6.07, 6.45) is -0.757. The van der Waals surface area contributed by atoms with E-state index in [-0.39, 0.29) is 6.10 Å². The van der Waals surface area contributed by atoms with Gasteiger partial charge in [0, 0.05) is 5.69 Å². The number of carbonyl (C=O) groups is 1. The van der Waals surface area contributed by atoms with Gasteiger partial charge in [0.05, 0.1) is 17.5 Å². The van der Waals surface area contributed by atoms with Crippen molar-refractivity contribution in [3.63, 3.8) is 0 Å². The van der Waals surface area contributed by atoms with E-state index in [1.807, 2.05) is 105 Å². The van der Waals surface area contributed by atoms with E-state index in [1.54, 1.807) is 0 Å². The van der Waals surface area contributed by atoms with Crippen LogP contribution in [0.4, 0.5) is 21.9 Å². The molecule has 0 saturated heterocycles. The van der Waals surface area contributed by atoms with Gasteiger partial charge in [0.1, 0.15) is 0 Å². The monoisotopic (exact) mass is 373 g/mol. The Labute approximate surface area is 165 Å². The summed E-state index contributed by atoms with van der Waals surface area (Å²) in [5, 5.41) is 3.26. The molecule has 0 bridgehead atoms. The average molecular weight is 373 g/mol. The second-order valence-corrected chi connectivity index (χ2v) is 6.37. The highest BCUT2D eigenvalue weighted by Gasteiger charge is 2.24.